The minimum Gasteiger partial charge on any atom is -0.480 e. The second kappa shape index (κ2) is 12.5. The van der Waals surface area contributed by atoms with Crippen molar-refractivity contribution in [1.29, 1.82) is 0 Å². The van der Waals surface area contributed by atoms with E-state index in [9.17, 15) is 19.2 Å². The van der Waals surface area contributed by atoms with Crippen LogP contribution >= 0.6 is 11.8 Å². The maximum atomic E-state index is 12.2. The first-order valence-electron chi connectivity index (χ1n) is 8.03. The van der Waals surface area contributed by atoms with E-state index in [1.54, 1.807) is 0 Å². The molecule has 0 rings (SSSR count). The van der Waals surface area contributed by atoms with Gasteiger partial charge in [0.25, 0.3) is 0 Å². The summed E-state index contributed by atoms with van der Waals surface area (Å²) in [5.41, 5.74) is 5.87. The standard InChI is InChI=1S/C15H28N4O5S/c1-4-9(2)13(16)15(24)19-10(5-6-25-3)14(23)18-7-11(20)17-8-12(21)22/h9-10,13H,4-8,16H2,1-3H3,(H,17,20)(H,18,23)(H,19,24)(H,21,22). The van der Waals surface area contributed by atoms with E-state index in [4.69, 9.17) is 10.8 Å². The average Bonchev–Trinajstić information content (AvgIpc) is 2.59. The molecule has 144 valence electrons. The van der Waals surface area contributed by atoms with E-state index in [0.717, 1.165) is 6.42 Å². The molecule has 3 unspecified atom stereocenters. The minimum atomic E-state index is -1.18. The highest BCUT2D eigenvalue weighted by Crippen LogP contribution is 2.07. The van der Waals surface area contributed by atoms with Gasteiger partial charge in [-0.3, -0.25) is 19.2 Å². The van der Waals surface area contributed by atoms with Crippen LogP contribution in [-0.4, -0.2) is 66.0 Å². The zero-order chi connectivity index (χ0) is 19.4. The van der Waals surface area contributed by atoms with E-state index in [-0.39, 0.29) is 12.5 Å². The SMILES string of the molecule is CCC(C)C(N)C(=O)NC(CCSC)C(=O)NCC(=O)NCC(=O)O. The number of carboxylic acids is 1. The van der Waals surface area contributed by atoms with Crippen molar-refractivity contribution < 1.29 is 24.3 Å². The molecule has 0 aliphatic carbocycles. The molecule has 0 radical (unpaired) electrons. The zero-order valence-electron chi connectivity index (χ0n) is 14.8. The molecule has 0 bridgehead atoms. The van der Waals surface area contributed by atoms with Crippen LogP contribution in [0.2, 0.25) is 0 Å². The zero-order valence-corrected chi connectivity index (χ0v) is 15.6. The molecule has 6 N–H and O–H groups in total. The van der Waals surface area contributed by atoms with Crippen LogP contribution in [0.15, 0.2) is 0 Å². The third-order valence-corrected chi connectivity index (χ3v) is 4.31. The van der Waals surface area contributed by atoms with Crippen LogP contribution in [-0.2, 0) is 19.2 Å². The molecule has 3 amide bonds. The van der Waals surface area contributed by atoms with E-state index in [1.165, 1.54) is 11.8 Å². The molecule has 0 saturated carbocycles. The fourth-order valence-electron chi connectivity index (χ4n) is 1.81. The minimum absolute atomic E-state index is 0.0222. The topological polar surface area (TPSA) is 151 Å². The Balaban J connectivity index is 4.62. The maximum absolute atomic E-state index is 12.2. The molecule has 0 aromatic rings. The molecule has 3 atom stereocenters. The van der Waals surface area contributed by atoms with Crippen molar-refractivity contribution >= 4 is 35.5 Å². The van der Waals surface area contributed by atoms with E-state index < -0.39 is 42.3 Å². The lowest BCUT2D eigenvalue weighted by molar-refractivity contribution is -0.138. The fourth-order valence-corrected chi connectivity index (χ4v) is 2.28. The Morgan fingerprint density at radius 2 is 1.76 bits per heavy atom. The van der Waals surface area contributed by atoms with Crippen LogP contribution in [0.5, 0.6) is 0 Å². The third-order valence-electron chi connectivity index (χ3n) is 3.66. The van der Waals surface area contributed by atoms with Crippen LogP contribution in [0.3, 0.4) is 0 Å². The second-order valence-electron chi connectivity index (χ2n) is 5.64. The number of carboxylic acid groups (broad SMARTS) is 1. The molecule has 0 aromatic heterocycles. The highest BCUT2D eigenvalue weighted by atomic mass is 32.2. The van der Waals surface area contributed by atoms with Gasteiger partial charge in [0, 0.05) is 0 Å². The van der Waals surface area contributed by atoms with Crippen molar-refractivity contribution in [3.63, 3.8) is 0 Å². The second-order valence-corrected chi connectivity index (χ2v) is 6.63. The van der Waals surface area contributed by atoms with Crippen molar-refractivity contribution in [1.82, 2.24) is 16.0 Å². The predicted molar refractivity (Wildman–Crippen MR) is 96.0 cm³/mol. The molecule has 25 heavy (non-hydrogen) atoms. The van der Waals surface area contributed by atoms with Gasteiger partial charge in [-0.25, -0.2) is 0 Å². The summed E-state index contributed by atoms with van der Waals surface area (Å²) in [5, 5.41) is 15.6. The van der Waals surface area contributed by atoms with Crippen LogP contribution in [0.25, 0.3) is 0 Å². The van der Waals surface area contributed by atoms with E-state index in [2.05, 4.69) is 16.0 Å². The predicted octanol–water partition coefficient (Wildman–Crippen LogP) is -1.09. The van der Waals surface area contributed by atoms with Gasteiger partial charge >= 0.3 is 5.97 Å². The number of hydrogen-bond acceptors (Lipinski definition) is 6. The van der Waals surface area contributed by atoms with Gasteiger partial charge < -0.3 is 26.8 Å². The summed E-state index contributed by atoms with van der Waals surface area (Å²) in [5.74, 6) is -2.10. The molecule has 0 saturated heterocycles. The van der Waals surface area contributed by atoms with Crippen LogP contribution < -0.4 is 21.7 Å². The molecule has 0 aromatic carbocycles. The number of hydrogen-bond donors (Lipinski definition) is 5. The van der Waals surface area contributed by atoms with Crippen LogP contribution in [0.1, 0.15) is 26.7 Å². The van der Waals surface area contributed by atoms with Crippen LogP contribution in [0.4, 0.5) is 0 Å². The Hall–Kier alpha value is -1.81. The number of nitrogens with two attached hydrogens (primary N) is 1. The van der Waals surface area contributed by atoms with Gasteiger partial charge in [-0.2, -0.15) is 11.8 Å². The Bertz CT molecular complexity index is 475. The molecule has 0 aliphatic heterocycles. The normalized spacial score (nSPS) is 14.1. The highest BCUT2D eigenvalue weighted by Gasteiger charge is 2.26. The largest absolute Gasteiger partial charge is 0.480 e. The number of thioether (sulfide) groups is 1. The van der Waals surface area contributed by atoms with Gasteiger partial charge in [-0.05, 0) is 24.3 Å². The van der Waals surface area contributed by atoms with E-state index >= 15 is 0 Å². The van der Waals surface area contributed by atoms with Crippen LogP contribution in [0, 0.1) is 5.92 Å². The maximum Gasteiger partial charge on any atom is 0.322 e. The van der Waals surface area contributed by atoms with Gasteiger partial charge in [0.05, 0.1) is 12.6 Å². The Morgan fingerprint density at radius 1 is 1.12 bits per heavy atom. The summed E-state index contributed by atoms with van der Waals surface area (Å²) < 4.78 is 0. The van der Waals surface area contributed by atoms with Crippen molar-refractivity contribution in [3.05, 3.63) is 0 Å². The number of nitrogens with one attached hydrogen (secondary N) is 3. The smallest absolute Gasteiger partial charge is 0.322 e. The molecular weight excluding hydrogens is 348 g/mol. The third kappa shape index (κ3) is 9.92. The van der Waals surface area contributed by atoms with Gasteiger partial charge in [-0.15, -0.1) is 0 Å². The summed E-state index contributed by atoms with van der Waals surface area (Å²) in [7, 11) is 0. The lowest BCUT2D eigenvalue weighted by Crippen LogP contribution is -2.54. The lowest BCUT2D eigenvalue weighted by Gasteiger charge is -2.23. The number of carbonyl (C=O) groups is 4. The van der Waals surface area contributed by atoms with E-state index in [1.807, 2.05) is 20.1 Å². The number of rotatable bonds is 12. The average molecular weight is 376 g/mol. The first kappa shape index (κ1) is 23.2. The lowest BCUT2D eigenvalue weighted by atomic mass is 9.99. The summed E-state index contributed by atoms with van der Waals surface area (Å²) in [6.45, 7) is 2.89. The number of amides is 3. The fraction of sp³-hybridized carbons (Fsp3) is 0.733. The molecule has 9 nitrogen and oxygen atoms in total. The number of carbonyl (C=O) groups excluding carboxylic acids is 3. The Labute approximate surface area is 151 Å². The molecular formula is C15H28N4O5S. The van der Waals surface area contributed by atoms with E-state index in [0.29, 0.717) is 12.2 Å². The molecule has 0 heterocycles. The van der Waals surface area contributed by atoms with Gasteiger partial charge in [-0.1, -0.05) is 20.3 Å². The molecule has 0 spiro atoms. The highest BCUT2D eigenvalue weighted by molar-refractivity contribution is 7.98. The summed E-state index contributed by atoms with van der Waals surface area (Å²) in [4.78, 5) is 46.2. The summed E-state index contributed by atoms with van der Waals surface area (Å²) in [6, 6.07) is -1.52. The molecule has 10 heteroatoms. The quantitative estimate of drug-likeness (QED) is 0.290. The number of aliphatic carboxylic acids is 1. The van der Waals surface area contributed by atoms with Gasteiger partial charge in [0.15, 0.2) is 0 Å². The first-order chi connectivity index (χ1) is 11.7. The van der Waals surface area contributed by atoms with Crippen molar-refractivity contribution in [2.75, 3.05) is 25.1 Å². The summed E-state index contributed by atoms with van der Waals surface area (Å²) >= 11 is 1.52. The molecule has 0 fully saturated rings. The monoisotopic (exact) mass is 376 g/mol. The Morgan fingerprint density at radius 3 is 2.28 bits per heavy atom. The van der Waals surface area contributed by atoms with Crippen molar-refractivity contribution in [2.24, 2.45) is 11.7 Å². The first-order valence-corrected chi connectivity index (χ1v) is 9.43. The summed E-state index contributed by atoms with van der Waals surface area (Å²) in [6.07, 6.45) is 3.00. The van der Waals surface area contributed by atoms with Gasteiger partial charge in [0.1, 0.15) is 12.6 Å². The van der Waals surface area contributed by atoms with Crippen molar-refractivity contribution in [3.8, 4) is 0 Å². The molecule has 0 aliphatic rings. The Kier molecular flexibility index (Phi) is 11.6. The van der Waals surface area contributed by atoms with Gasteiger partial charge in [0.2, 0.25) is 17.7 Å². The van der Waals surface area contributed by atoms with Crippen molar-refractivity contribution in [2.45, 2.75) is 38.8 Å².